The molecule has 1 unspecified atom stereocenters. The standard InChI is InChI=1S/C22H21N3O4/c23-22(28)29-17-10-11-24(13-15-6-2-1-3-7-15)16(12-17)14-25-20(26)18-8-4-5-9-19(18)21(25)27/h1-9,12,16H,10-11,13-14H2,(H2,23,28). The van der Waals surface area contributed by atoms with Crippen LogP contribution in [0.3, 0.4) is 0 Å². The van der Waals surface area contributed by atoms with Gasteiger partial charge in [0.05, 0.1) is 11.1 Å². The Morgan fingerprint density at radius 2 is 1.62 bits per heavy atom. The number of hydrogen-bond acceptors (Lipinski definition) is 5. The van der Waals surface area contributed by atoms with Gasteiger partial charge in [0.15, 0.2) is 0 Å². The minimum absolute atomic E-state index is 0.171. The second-order valence-corrected chi connectivity index (χ2v) is 7.09. The van der Waals surface area contributed by atoms with Gasteiger partial charge in [-0.15, -0.1) is 0 Å². The van der Waals surface area contributed by atoms with Gasteiger partial charge in [-0.1, -0.05) is 42.5 Å². The fourth-order valence-electron chi connectivity index (χ4n) is 3.81. The highest BCUT2D eigenvalue weighted by Crippen LogP contribution is 2.26. The van der Waals surface area contributed by atoms with E-state index in [0.29, 0.717) is 36.4 Å². The molecule has 0 saturated carbocycles. The van der Waals surface area contributed by atoms with E-state index in [0.717, 1.165) is 5.56 Å². The van der Waals surface area contributed by atoms with Crippen LogP contribution in [0.2, 0.25) is 0 Å². The predicted octanol–water partition coefficient (Wildman–Crippen LogP) is 2.54. The van der Waals surface area contributed by atoms with Gasteiger partial charge in [-0.3, -0.25) is 19.4 Å². The monoisotopic (exact) mass is 391 g/mol. The number of hydrogen-bond donors (Lipinski definition) is 1. The van der Waals surface area contributed by atoms with Crippen molar-refractivity contribution in [3.63, 3.8) is 0 Å². The molecule has 148 valence electrons. The number of carbonyl (C=O) groups is 3. The van der Waals surface area contributed by atoms with Gasteiger partial charge in [0.25, 0.3) is 11.8 Å². The van der Waals surface area contributed by atoms with Crippen molar-refractivity contribution in [2.75, 3.05) is 13.1 Å². The Balaban J connectivity index is 1.59. The molecule has 0 spiro atoms. The number of primary amides is 1. The number of fused-ring (bicyclic) bond motifs is 1. The Kier molecular flexibility index (Phi) is 5.14. The van der Waals surface area contributed by atoms with Crippen LogP contribution in [0.1, 0.15) is 32.7 Å². The van der Waals surface area contributed by atoms with E-state index in [4.69, 9.17) is 10.5 Å². The minimum atomic E-state index is -0.868. The number of rotatable bonds is 5. The smallest absolute Gasteiger partial charge is 0.409 e. The zero-order chi connectivity index (χ0) is 20.4. The lowest BCUT2D eigenvalue weighted by Crippen LogP contribution is -2.47. The Morgan fingerprint density at radius 1 is 1.00 bits per heavy atom. The van der Waals surface area contributed by atoms with Crippen molar-refractivity contribution in [1.29, 1.82) is 0 Å². The second kappa shape index (κ2) is 7.89. The molecule has 0 aliphatic carbocycles. The molecule has 2 aliphatic heterocycles. The largest absolute Gasteiger partial charge is 0.415 e. The maximum Gasteiger partial charge on any atom is 0.409 e. The van der Waals surface area contributed by atoms with Gasteiger partial charge in [-0.2, -0.15) is 0 Å². The van der Waals surface area contributed by atoms with Gasteiger partial charge in [-0.05, 0) is 23.8 Å². The van der Waals surface area contributed by atoms with Gasteiger partial charge in [0.2, 0.25) is 0 Å². The molecule has 0 radical (unpaired) electrons. The topological polar surface area (TPSA) is 92.9 Å². The molecule has 2 aromatic rings. The number of ether oxygens (including phenoxy) is 1. The number of nitrogens with two attached hydrogens (primary N) is 1. The van der Waals surface area contributed by atoms with Crippen LogP contribution in [0, 0.1) is 0 Å². The maximum atomic E-state index is 12.8. The first-order chi connectivity index (χ1) is 14.0. The molecule has 4 rings (SSSR count). The Bertz CT molecular complexity index is 952. The SMILES string of the molecule is NC(=O)OC1=CC(CN2C(=O)c3ccccc3C2=O)N(Cc2ccccc2)CC1. The van der Waals surface area contributed by atoms with Crippen molar-refractivity contribution in [2.45, 2.75) is 19.0 Å². The average Bonchev–Trinajstić information content (AvgIpc) is 2.95. The first kappa shape index (κ1) is 18.9. The first-order valence-electron chi connectivity index (χ1n) is 9.44. The molecule has 0 fully saturated rings. The summed E-state index contributed by atoms with van der Waals surface area (Å²) in [4.78, 5) is 40.1. The molecule has 2 heterocycles. The molecular weight excluding hydrogens is 370 g/mol. The van der Waals surface area contributed by atoms with Crippen LogP contribution < -0.4 is 5.73 Å². The average molecular weight is 391 g/mol. The number of carbonyl (C=O) groups excluding carboxylic acids is 3. The summed E-state index contributed by atoms with van der Waals surface area (Å²) in [5.74, 6) is -0.147. The molecule has 7 nitrogen and oxygen atoms in total. The van der Waals surface area contributed by atoms with E-state index in [1.165, 1.54) is 4.90 Å². The van der Waals surface area contributed by atoms with Crippen molar-refractivity contribution >= 4 is 17.9 Å². The summed E-state index contributed by atoms with van der Waals surface area (Å²) in [6.07, 6.45) is 1.43. The molecule has 3 amide bonds. The molecule has 0 aromatic heterocycles. The second-order valence-electron chi connectivity index (χ2n) is 7.09. The van der Waals surface area contributed by atoms with Crippen molar-refractivity contribution in [1.82, 2.24) is 9.80 Å². The first-order valence-corrected chi connectivity index (χ1v) is 9.44. The predicted molar refractivity (Wildman–Crippen MR) is 106 cm³/mol. The van der Waals surface area contributed by atoms with E-state index < -0.39 is 6.09 Å². The number of benzene rings is 2. The van der Waals surface area contributed by atoms with E-state index in [1.807, 2.05) is 30.3 Å². The Morgan fingerprint density at radius 3 is 2.24 bits per heavy atom. The highest BCUT2D eigenvalue weighted by atomic mass is 16.5. The summed E-state index contributed by atoms with van der Waals surface area (Å²) >= 11 is 0. The molecule has 7 heteroatoms. The molecule has 0 bridgehead atoms. The number of amides is 3. The number of imide groups is 1. The molecular formula is C22H21N3O4. The van der Waals surface area contributed by atoms with E-state index in [1.54, 1.807) is 30.3 Å². The van der Waals surface area contributed by atoms with Crippen LogP contribution in [-0.4, -0.2) is 46.8 Å². The third kappa shape index (κ3) is 3.90. The summed E-state index contributed by atoms with van der Waals surface area (Å²) in [6, 6.07) is 16.5. The van der Waals surface area contributed by atoms with Gasteiger partial charge in [-0.25, -0.2) is 4.79 Å². The lowest BCUT2D eigenvalue weighted by atomic mass is 10.1. The van der Waals surface area contributed by atoms with Crippen LogP contribution >= 0.6 is 0 Å². The highest BCUT2D eigenvalue weighted by molar-refractivity contribution is 6.21. The molecule has 1 atom stereocenters. The van der Waals surface area contributed by atoms with Crippen LogP contribution in [0.25, 0.3) is 0 Å². The third-order valence-corrected chi connectivity index (χ3v) is 5.20. The fraction of sp³-hybridized carbons (Fsp3) is 0.227. The quantitative estimate of drug-likeness (QED) is 0.791. The normalized spacial score (nSPS) is 19.1. The fourth-order valence-corrected chi connectivity index (χ4v) is 3.81. The van der Waals surface area contributed by atoms with E-state index in [-0.39, 0.29) is 24.4 Å². The zero-order valence-electron chi connectivity index (χ0n) is 15.8. The van der Waals surface area contributed by atoms with Crippen LogP contribution in [-0.2, 0) is 11.3 Å². The van der Waals surface area contributed by atoms with Crippen molar-refractivity contribution in [3.8, 4) is 0 Å². The summed E-state index contributed by atoms with van der Waals surface area (Å²) in [5.41, 5.74) is 7.11. The number of nitrogens with zero attached hydrogens (tertiary/aromatic N) is 2. The third-order valence-electron chi connectivity index (χ3n) is 5.20. The van der Waals surface area contributed by atoms with Crippen molar-refractivity contribution in [2.24, 2.45) is 5.73 Å². The molecule has 2 aliphatic rings. The zero-order valence-corrected chi connectivity index (χ0v) is 15.8. The highest BCUT2D eigenvalue weighted by Gasteiger charge is 2.38. The summed E-state index contributed by atoms with van der Waals surface area (Å²) < 4.78 is 5.08. The van der Waals surface area contributed by atoms with E-state index in [9.17, 15) is 14.4 Å². The minimum Gasteiger partial charge on any atom is -0.415 e. The summed E-state index contributed by atoms with van der Waals surface area (Å²) in [7, 11) is 0. The molecule has 2 N–H and O–H groups in total. The molecule has 29 heavy (non-hydrogen) atoms. The van der Waals surface area contributed by atoms with Crippen LogP contribution in [0.15, 0.2) is 66.4 Å². The van der Waals surface area contributed by atoms with Gasteiger partial charge < -0.3 is 10.5 Å². The van der Waals surface area contributed by atoms with Gasteiger partial charge in [0.1, 0.15) is 5.76 Å². The lowest BCUT2D eigenvalue weighted by molar-refractivity contribution is 0.0593. The van der Waals surface area contributed by atoms with Gasteiger partial charge >= 0.3 is 6.09 Å². The van der Waals surface area contributed by atoms with Crippen molar-refractivity contribution < 1.29 is 19.1 Å². The maximum absolute atomic E-state index is 12.8. The van der Waals surface area contributed by atoms with E-state index in [2.05, 4.69) is 4.90 Å². The lowest BCUT2D eigenvalue weighted by Gasteiger charge is -2.35. The molecule has 0 saturated heterocycles. The van der Waals surface area contributed by atoms with Crippen LogP contribution in [0.4, 0.5) is 4.79 Å². The van der Waals surface area contributed by atoms with E-state index >= 15 is 0 Å². The van der Waals surface area contributed by atoms with Crippen molar-refractivity contribution in [3.05, 3.63) is 83.1 Å². The Hall–Kier alpha value is -3.45. The summed E-state index contributed by atoms with van der Waals surface area (Å²) in [5, 5.41) is 0. The van der Waals surface area contributed by atoms with Gasteiger partial charge in [0, 0.05) is 32.1 Å². The summed E-state index contributed by atoms with van der Waals surface area (Å²) in [6.45, 7) is 1.43. The van der Waals surface area contributed by atoms with Crippen LogP contribution in [0.5, 0.6) is 0 Å². The molecule has 2 aromatic carbocycles. The Labute approximate surface area is 168 Å².